The Morgan fingerprint density at radius 1 is 0.356 bits per heavy atom. The van der Waals surface area contributed by atoms with Crippen molar-refractivity contribution in [3.63, 3.8) is 0 Å². The average molecular weight is 1530 g/mol. The highest BCUT2D eigenvalue weighted by molar-refractivity contribution is 9.08. The predicted molar refractivity (Wildman–Crippen MR) is 435 cm³/mol. The van der Waals surface area contributed by atoms with Crippen molar-refractivity contribution in [2.45, 2.75) is 191 Å². The Morgan fingerprint density at radius 2 is 0.683 bits per heavy atom. The van der Waals surface area contributed by atoms with Crippen molar-refractivity contribution in [1.29, 1.82) is 0 Å². The van der Waals surface area contributed by atoms with Gasteiger partial charge < -0.3 is 19.5 Å². The molecule has 0 aliphatic rings. The Morgan fingerprint density at radius 3 is 1.08 bits per heavy atom. The van der Waals surface area contributed by atoms with E-state index in [9.17, 15) is 14.4 Å². The molecule has 544 valence electrons. The summed E-state index contributed by atoms with van der Waals surface area (Å²) in [5, 5.41) is 15.1. The number of nitrogens with one attached hydrogen (secondary N) is 2. The molecule has 0 saturated heterocycles. The van der Waals surface area contributed by atoms with E-state index in [4.69, 9.17) is 14.2 Å². The maximum absolute atomic E-state index is 13.3. The van der Waals surface area contributed by atoms with Gasteiger partial charge in [-0.25, -0.2) is 34.3 Å². The lowest BCUT2D eigenvalue weighted by Crippen LogP contribution is -2.37. The minimum atomic E-state index is -0.645. The molecule has 5 heterocycles. The first-order valence-electron chi connectivity index (χ1n) is 35.2. The maximum atomic E-state index is 13.3. The molecule has 17 heteroatoms. The van der Waals surface area contributed by atoms with Gasteiger partial charge in [-0.3, -0.25) is 20.1 Å². The molecule has 0 saturated carbocycles. The number of rotatable bonds is 15. The molecule has 0 aliphatic heterocycles. The van der Waals surface area contributed by atoms with Gasteiger partial charge in [-0.05, 0) is 317 Å². The van der Waals surface area contributed by atoms with Crippen LogP contribution < -0.4 is 20.4 Å². The Balaban J connectivity index is 0.000000195. The second-order valence-corrected chi connectivity index (χ2v) is 31.0. The van der Waals surface area contributed by atoms with E-state index in [1.54, 1.807) is 15.9 Å². The fourth-order valence-electron chi connectivity index (χ4n) is 11.8. The van der Waals surface area contributed by atoms with Crippen LogP contribution >= 0.6 is 31.9 Å². The number of carbonyl (C=O) groups excluding carboxylic acids is 3. The van der Waals surface area contributed by atoms with Crippen LogP contribution in [0.5, 0.6) is 0 Å². The van der Waals surface area contributed by atoms with Gasteiger partial charge >= 0.3 is 18.3 Å². The van der Waals surface area contributed by atoms with Crippen molar-refractivity contribution in [3.05, 3.63) is 265 Å². The number of alkyl halides is 2. The van der Waals surface area contributed by atoms with Crippen molar-refractivity contribution in [2.75, 3.05) is 20.4 Å². The lowest BCUT2D eigenvalue weighted by atomic mass is 10.0. The molecule has 104 heavy (non-hydrogen) atoms. The first-order valence-corrected chi connectivity index (χ1v) is 37.4. The summed E-state index contributed by atoms with van der Waals surface area (Å²) in [4.78, 5) is 64.0. The second-order valence-electron chi connectivity index (χ2n) is 29.8. The number of hydrogen-bond donors (Lipinski definition) is 2. The van der Waals surface area contributed by atoms with Crippen LogP contribution in [0.25, 0.3) is 32.3 Å². The molecule has 0 unspecified atom stereocenters. The molecule has 0 bridgehead atoms. The van der Waals surface area contributed by atoms with Gasteiger partial charge in [-0.1, -0.05) is 123 Å². The van der Waals surface area contributed by atoms with E-state index in [1.165, 1.54) is 60.6 Å². The minimum absolute atomic E-state index is 0.299. The highest BCUT2D eigenvalue weighted by atomic mass is 79.9. The number of amides is 3. The number of aromatic nitrogens is 5. The molecule has 6 aromatic carbocycles. The van der Waals surface area contributed by atoms with E-state index in [0.717, 1.165) is 103 Å². The van der Waals surface area contributed by atoms with Gasteiger partial charge in [-0.2, -0.15) is 0 Å². The first-order chi connectivity index (χ1) is 49.0. The molecule has 0 atom stereocenters. The molecule has 5 aromatic heterocycles. The van der Waals surface area contributed by atoms with E-state index in [2.05, 4.69) is 197 Å². The van der Waals surface area contributed by atoms with Crippen molar-refractivity contribution < 1.29 is 28.6 Å². The molecule has 11 aromatic rings. The van der Waals surface area contributed by atoms with Crippen LogP contribution in [-0.4, -0.2) is 60.0 Å². The van der Waals surface area contributed by atoms with E-state index in [-0.39, 0.29) is 0 Å². The zero-order valence-electron chi connectivity index (χ0n) is 64.0. The van der Waals surface area contributed by atoms with Crippen LogP contribution in [-0.2, 0) is 57.3 Å². The predicted octanol–water partition coefficient (Wildman–Crippen LogP) is 22.7. The molecule has 0 radical (unpaired) electrons. The molecular formula is C87H101Br2N9O6. The van der Waals surface area contributed by atoms with Gasteiger partial charge in [0.25, 0.3) is 0 Å². The van der Waals surface area contributed by atoms with Crippen molar-refractivity contribution in [2.24, 2.45) is 0 Å². The summed E-state index contributed by atoms with van der Waals surface area (Å²) in [6.07, 6.45) is 0.595. The van der Waals surface area contributed by atoms with Crippen molar-refractivity contribution in [3.8, 4) is 0 Å². The summed E-state index contributed by atoms with van der Waals surface area (Å²) in [7, 11) is 0. The molecule has 2 N–H and O–H groups in total. The number of fused-ring (bicyclic) bond motifs is 3. The fourth-order valence-corrected chi connectivity index (χ4v) is 12.5. The van der Waals surface area contributed by atoms with Gasteiger partial charge in [0.05, 0.1) is 13.1 Å². The Hall–Kier alpha value is -9.58. The number of ether oxygens (including phenoxy) is 3. The molecule has 15 nitrogen and oxygen atoms in total. The summed E-state index contributed by atoms with van der Waals surface area (Å²) in [5.74, 6) is 2.55. The summed E-state index contributed by atoms with van der Waals surface area (Å²) in [5.41, 5.74) is 16.8. The number of nitrogens with zero attached hydrogens (tertiary/aromatic N) is 7. The van der Waals surface area contributed by atoms with Crippen LogP contribution in [0.15, 0.2) is 170 Å². The molecule has 0 fully saturated rings. The number of carbonyl (C=O) groups is 3. The van der Waals surface area contributed by atoms with Gasteiger partial charge in [-0.15, -0.1) is 0 Å². The highest BCUT2D eigenvalue weighted by Gasteiger charge is 2.27. The van der Waals surface area contributed by atoms with E-state index >= 15 is 0 Å². The number of halogens is 2. The fraction of sp³-hybridized carbons (Fsp3) is 0.333. The van der Waals surface area contributed by atoms with Crippen molar-refractivity contribution >= 4 is 106 Å². The Kier molecular flexibility index (Phi) is 27.5. The first kappa shape index (κ1) is 80.1. The second kappa shape index (κ2) is 35.7. The number of benzene rings is 6. The molecule has 0 spiro atoms. The third-order valence-corrected chi connectivity index (χ3v) is 17.3. The third kappa shape index (κ3) is 25.7. The molecular weight excluding hydrogens is 1430 g/mol. The highest BCUT2D eigenvalue weighted by Crippen LogP contribution is 2.29. The largest absolute Gasteiger partial charge is 0.444 e. The standard InChI is InChI=1S/C36H44N4O4.C27H29N3.C12H10Br2.C12H18N2O2/c1-23-15-25(3)37-31(17-23)39(33(41)43-35(5,6)7)21-27-11-13-30-20-28(12-14-29(30)19-27)22-40(34(42)44-36(8,9)10)32-18-24(2)16-26(4)38-32;1-18-11-20(3)29-26(13-18)10-7-22-5-8-25-16-23(6-9-24(25)15-22)17-28-27-14-19(2)12-21(4)30-27;13-7-9-1-3-11-6-10(8-14)2-4-12(11)5-9;1-8-6-9(2)13-10(7-8)14-11(15)16-12(3,4)5/h11-20H,21-22H2,1-10H3;5-6,8-9,11-16H,7,10,17H2,1-4H3,(H,28,30);1-6H,7-8H2;6-7H,1-5H3,(H,13,14,15). The maximum Gasteiger partial charge on any atom is 0.416 e. The minimum Gasteiger partial charge on any atom is -0.444 e. The van der Waals surface area contributed by atoms with Crippen LogP contribution in [0.1, 0.15) is 158 Å². The molecule has 11 rings (SSSR count). The number of aryl methyl sites for hydroxylation is 12. The van der Waals surface area contributed by atoms with E-state index < -0.39 is 35.1 Å². The van der Waals surface area contributed by atoms with Crippen LogP contribution in [0.4, 0.5) is 37.7 Å². The smallest absolute Gasteiger partial charge is 0.416 e. The van der Waals surface area contributed by atoms with E-state index in [0.29, 0.717) is 30.5 Å². The topological polar surface area (TPSA) is 174 Å². The van der Waals surface area contributed by atoms with Crippen LogP contribution in [0.2, 0.25) is 0 Å². The summed E-state index contributed by atoms with van der Waals surface area (Å²) in [6.45, 7) is 37.9. The van der Waals surface area contributed by atoms with Gasteiger partial charge in [0.1, 0.15) is 40.1 Å². The Labute approximate surface area is 632 Å². The summed E-state index contributed by atoms with van der Waals surface area (Å²) >= 11 is 6.93. The zero-order chi connectivity index (χ0) is 75.8. The van der Waals surface area contributed by atoms with Gasteiger partial charge in [0, 0.05) is 51.4 Å². The van der Waals surface area contributed by atoms with Gasteiger partial charge in [0.15, 0.2) is 0 Å². The van der Waals surface area contributed by atoms with Crippen LogP contribution in [0.3, 0.4) is 0 Å². The third-order valence-electron chi connectivity index (χ3n) is 16.0. The van der Waals surface area contributed by atoms with Gasteiger partial charge in [0.2, 0.25) is 0 Å². The number of pyridine rings is 5. The molecule has 3 amide bonds. The zero-order valence-corrected chi connectivity index (χ0v) is 67.1. The Bertz CT molecular complexity index is 4480. The SMILES string of the molecule is BrCc1ccc2cc(CBr)ccc2c1.Cc1cc(C)nc(CCc2ccc3cc(CNc4cc(C)cc(C)n4)ccc3c2)c1.Cc1cc(C)nc(N(Cc2ccc3cc(CN(C(=O)OC(C)(C)C)c4cc(C)cc(C)n4)ccc3c2)C(=O)OC(C)(C)C)c1.Cc1cc(C)nc(NC(=O)OC(C)(C)C)c1. The number of hydrogen-bond acceptors (Lipinski definition) is 12. The lowest BCUT2D eigenvalue weighted by Gasteiger charge is -2.27. The monoisotopic (exact) mass is 1530 g/mol. The molecule has 0 aliphatic carbocycles. The number of anilines is 4. The normalized spacial score (nSPS) is 11.3. The van der Waals surface area contributed by atoms with Crippen molar-refractivity contribution in [1.82, 2.24) is 24.9 Å². The van der Waals surface area contributed by atoms with Crippen LogP contribution in [0, 0.1) is 69.2 Å². The quantitative estimate of drug-likeness (QED) is 0.0735. The summed E-state index contributed by atoms with van der Waals surface area (Å²) in [6, 6.07) is 58.8. The average Bonchev–Trinajstić information content (AvgIpc) is 0.810. The summed E-state index contributed by atoms with van der Waals surface area (Å²) < 4.78 is 16.6. The lowest BCUT2D eigenvalue weighted by molar-refractivity contribution is 0.0565. The van der Waals surface area contributed by atoms with E-state index in [1.807, 2.05) is 165 Å².